The van der Waals surface area contributed by atoms with Crippen LogP contribution in [0.5, 0.6) is 0 Å². The van der Waals surface area contributed by atoms with E-state index < -0.39 is 0 Å². The predicted octanol–water partition coefficient (Wildman–Crippen LogP) is 0.863. The van der Waals surface area contributed by atoms with Gasteiger partial charge < -0.3 is 15.5 Å². The summed E-state index contributed by atoms with van der Waals surface area (Å²) in [6.07, 6.45) is 5.19. The molecule has 2 heterocycles. The summed E-state index contributed by atoms with van der Waals surface area (Å²) in [4.78, 5) is 15.7. The van der Waals surface area contributed by atoms with E-state index in [4.69, 9.17) is 0 Å². The highest BCUT2D eigenvalue weighted by Gasteiger charge is 2.39. The summed E-state index contributed by atoms with van der Waals surface area (Å²) >= 11 is 0. The number of fused-ring (bicyclic) bond motifs is 2. The first-order valence-corrected chi connectivity index (χ1v) is 7.56. The number of hydrogen-bond acceptors (Lipinski definition) is 3. The van der Waals surface area contributed by atoms with Crippen LogP contribution in [0.1, 0.15) is 32.6 Å². The number of carbonyl (C=O) groups excluding carboxylic acids is 1. The summed E-state index contributed by atoms with van der Waals surface area (Å²) < 4.78 is 0. The van der Waals surface area contributed by atoms with Gasteiger partial charge in [0.2, 0.25) is 0 Å². The molecule has 2 amide bonds. The molecule has 2 bridgehead atoms. The Hall–Kier alpha value is -0.810. The standard InChI is InChI=1S/C14H28N4O/c1-4-15-11-9-12-5-6-13(10-11)18(12)8-7-16-14(19)17(2)3/h11-13,15H,4-10H2,1-3H3,(H,16,19). The van der Waals surface area contributed by atoms with Crippen LogP contribution < -0.4 is 10.6 Å². The molecule has 2 unspecified atom stereocenters. The maximum absolute atomic E-state index is 11.5. The number of piperidine rings is 1. The molecule has 2 rings (SSSR count). The molecule has 5 nitrogen and oxygen atoms in total. The van der Waals surface area contributed by atoms with Crippen LogP contribution >= 0.6 is 0 Å². The second-order valence-electron chi connectivity index (χ2n) is 5.98. The van der Waals surface area contributed by atoms with Gasteiger partial charge in [-0.25, -0.2) is 4.79 Å². The Morgan fingerprint density at radius 3 is 2.42 bits per heavy atom. The molecular formula is C14H28N4O. The van der Waals surface area contributed by atoms with Gasteiger partial charge in [0.25, 0.3) is 0 Å². The molecule has 110 valence electrons. The van der Waals surface area contributed by atoms with Crippen LogP contribution in [-0.4, -0.2) is 67.7 Å². The third-order valence-corrected chi connectivity index (χ3v) is 4.43. The van der Waals surface area contributed by atoms with Gasteiger partial charge >= 0.3 is 6.03 Å². The zero-order chi connectivity index (χ0) is 13.8. The molecule has 0 radical (unpaired) electrons. The SMILES string of the molecule is CCNC1CC2CCC(C1)N2CCNC(=O)N(C)C. The summed E-state index contributed by atoms with van der Waals surface area (Å²) in [6, 6.07) is 2.16. The molecule has 2 aliphatic rings. The minimum Gasteiger partial charge on any atom is -0.337 e. The van der Waals surface area contributed by atoms with Crippen LogP contribution in [0.15, 0.2) is 0 Å². The normalized spacial score (nSPS) is 30.4. The van der Waals surface area contributed by atoms with Crippen molar-refractivity contribution >= 4 is 6.03 Å². The number of amides is 2. The zero-order valence-electron chi connectivity index (χ0n) is 12.5. The minimum atomic E-state index is 0.00915. The molecule has 0 aromatic rings. The highest BCUT2D eigenvalue weighted by Crippen LogP contribution is 2.35. The van der Waals surface area contributed by atoms with Gasteiger partial charge in [-0.05, 0) is 32.2 Å². The maximum atomic E-state index is 11.5. The van der Waals surface area contributed by atoms with E-state index in [1.807, 2.05) is 0 Å². The van der Waals surface area contributed by atoms with Crippen LogP contribution in [0.25, 0.3) is 0 Å². The van der Waals surface area contributed by atoms with Crippen LogP contribution in [0.2, 0.25) is 0 Å². The van der Waals surface area contributed by atoms with Gasteiger partial charge in [-0.15, -0.1) is 0 Å². The molecular weight excluding hydrogens is 240 g/mol. The molecule has 2 atom stereocenters. The first-order valence-electron chi connectivity index (χ1n) is 7.56. The van der Waals surface area contributed by atoms with Gasteiger partial charge in [-0.1, -0.05) is 6.92 Å². The molecule has 0 aliphatic carbocycles. The molecule has 19 heavy (non-hydrogen) atoms. The minimum absolute atomic E-state index is 0.00915. The van der Waals surface area contributed by atoms with E-state index in [1.54, 1.807) is 19.0 Å². The van der Waals surface area contributed by atoms with E-state index in [0.29, 0.717) is 6.04 Å². The summed E-state index contributed by atoms with van der Waals surface area (Å²) in [6.45, 7) is 5.01. The van der Waals surface area contributed by atoms with Crippen molar-refractivity contribution in [1.82, 2.24) is 20.4 Å². The van der Waals surface area contributed by atoms with Crippen LogP contribution in [0.4, 0.5) is 4.79 Å². The van der Waals surface area contributed by atoms with E-state index in [0.717, 1.165) is 31.7 Å². The molecule has 0 aromatic heterocycles. The van der Waals surface area contributed by atoms with Gasteiger partial charge in [-0.2, -0.15) is 0 Å². The highest BCUT2D eigenvalue weighted by atomic mass is 16.2. The van der Waals surface area contributed by atoms with Crippen molar-refractivity contribution in [2.75, 3.05) is 33.7 Å². The van der Waals surface area contributed by atoms with Crippen molar-refractivity contribution in [2.45, 2.75) is 50.7 Å². The lowest BCUT2D eigenvalue weighted by atomic mass is 9.97. The molecule has 0 spiro atoms. The topological polar surface area (TPSA) is 47.6 Å². The van der Waals surface area contributed by atoms with E-state index in [-0.39, 0.29) is 6.03 Å². The van der Waals surface area contributed by atoms with Crippen molar-refractivity contribution in [3.8, 4) is 0 Å². The Balaban J connectivity index is 1.75. The van der Waals surface area contributed by atoms with Crippen molar-refractivity contribution < 1.29 is 4.79 Å². The Labute approximate surface area is 116 Å². The molecule has 0 saturated carbocycles. The number of urea groups is 1. The molecule has 2 saturated heterocycles. The molecule has 5 heteroatoms. The van der Waals surface area contributed by atoms with Crippen LogP contribution in [-0.2, 0) is 0 Å². The Bertz CT molecular complexity index is 294. The summed E-state index contributed by atoms with van der Waals surface area (Å²) in [7, 11) is 3.56. The van der Waals surface area contributed by atoms with Gasteiger partial charge in [0.05, 0.1) is 0 Å². The number of nitrogens with one attached hydrogen (secondary N) is 2. The Morgan fingerprint density at radius 1 is 1.26 bits per heavy atom. The Morgan fingerprint density at radius 2 is 1.89 bits per heavy atom. The Kier molecular flexibility index (Phi) is 5.05. The lowest BCUT2D eigenvalue weighted by Crippen LogP contribution is -2.51. The monoisotopic (exact) mass is 268 g/mol. The second-order valence-corrected chi connectivity index (χ2v) is 5.98. The number of carbonyl (C=O) groups is 1. The largest absolute Gasteiger partial charge is 0.337 e. The third kappa shape index (κ3) is 3.60. The van der Waals surface area contributed by atoms with E-state index in [1.165, 1.54) is 25.7 Å². The van der Waals surface area contributed by atoms with Crippen molar-refractivity contribution in [3.05, 3.63) is 0 Å². The van der Waals surface area contributed by atoms with Crippen LogP contribution in [0, 0.1) is 0 Å². The molecule has 0 aromatic carbocycles. The first-order chi connectivity index (χ1) is 9.11. The summed E-state index contributed by atoms with van der Waals surface area (Å²) in [5.41, 5.74) is 0. The average molecular weight is 268 g/mol. The van der Waals surface area contributed by atoms with Gasteiger partial charge in [0, 0.05) is 45.3 Å². The van der Waals surface area contributed by atoms with Gasteiger partial charge in [0.15, 0.2) is 0 Å². The average Bonchev–Trinajstić information content (AvgIpc) is 2.60. The van der Waals surface area contributed by atoms with E-state index in [2.05, 4.69) is 22.5 Å². The van der Waals surface area contributed by atoms with Crippen molar-refractivity contribution in [2.24, 2.45) is 0 Å². The number of hydrogen-bond donors (Lipinski definition) is 2. The number of rotatable bonds is 5. The van der Waals surface area contributed by atoms with E-state index >= 15 is 0 Å². The fourth-order valence-corrected chi connectivity index (χ4v) is 3.54. The van der Waals surface area contributed by atoms with Crippen molar-refractivity contribution in [1.29, 1.82) is 0 Å². The lowest BCUT2D eigenvalue weighted by Gasteiger charge is -2.39. The molecule has 2 N–H and O–H groups in total. The van der Waals surface area contributed by atoms with Gasteiger partial charge in [-0.3, -0.25) is 4.90 Å². The molecule has 2 aliphatic heterocycles. The quantitative estimate of drug-likeness (QED) is 0.777. The summed E-state index contributed by atoms with van der Waals surface area (Å²) in [5.74, 6) is 0. The summed E-state index contributed by atoms with van der Waals surface area (Å²) in [5, 5.41) is 6.56. The van der Waals surface area contributed by atoms with Crippen molar-refractivity contribution in [3.63, 3.8) is 0 Å². The maximum Gasteiger partial charge on any atom is 0.316 e. The lowest BCUT2D eigenvalue weighted by molar-refractivity contribution is 0.118. The van der Waals surface area contributed by atoms with Gasteiger partial charge in [0.1, 0.15) is 0 Å². The van der Waals surface area contributed by atoms with E-state index in [9.17, 15) is 4.79 Å². The van der Waals surface area contributed by atoms with Crippen LogP contribution in [0.3, 0.4) is 0 Å². The first kappa shape index (κ1) is 14.6. The smallest absolute Gasteiger partial charge is 0.316 e. The fraction of sp³-hybridized carbons (Fsp3) is 0.929. The second kappa shape index (κ2) is 6.57. The molecule has 2 fully saturated rings. The highest BCUT2D eigenvalue weighted by molar-refractivity contribution is 5.73. The fourth-order valence-electron chi connectivity index (χ4n) is 3.54. The zero-order valence-corrected chi connectivity index (χ0v) is 12.5. The third-order valence-electron chi connectivity index (χ3n) is 4.43. The predicted molar refractivity (Wildman–Crippen MR) is 77.3 cm³/mol. The number of nitrogens with zero attached hydrogens (tertiary/aromatic N) is 2.